The van der Waals surface area contributed by atoms with Crippen molar-refractivity contribution in [3.63, 3.8) is 0 Å². The third-order valence-corrected chi connectivity index (χ3v) is 3.44. The van der Waals surface area contributed by atoms with Crippen molar-refractivity contribution < 1.29 is 4.39 Å². The minimum Gasteiger partial charge on any atom is -0.370 e. The molecule has 1 aliphatic heterocycles. The van der Waals surface area contributed by atoms with Crippen LogP contribution in [0.4, 0.5) is 10.1 Å². The van der Waals surface area contributed by atoms with E-state index in [9.17, 15) is 4.39 Å². The van der Waals surface area contributed by atoms with Gasteiger partial charge in [-0.15, -0.1) is 0 Å². The normalized spacial score (nSPS) is 20.2. The smallest absolute Gasteiger partial charge is 0.125 e. The molecule has 1 aromatic rings. The lowest BCUT2D eigenvalue weighted by Crippen LogP contribution is -2.37. The quantitative estimate of drug-likeness (QED) is 0.856. The molecule has 3 nitrogen and oxygen atoms in total. The SMILES string of the molecule is CN(CCN)C1CCN(c2cccc(F)c2)C1. The molecule has 0 amide bonds. The predicted molar refractivity (Wildman–Crippen MR) is 68.7 cm³/mol. The summed E-state index contributed by atoms with van der Waals surface area (Å²) in [6.07, 6.45) is 1.12. The molecule has 0 bridgehead atoms. The zero-order valence-corrected chi connectivity index (χ0v) is 10.3. The molecule has 1 fully saturated rings. The van der Waals surface area contributed by atoms with Crippen LogP contribution in [0.2, 0.25) is 0 Å². The summed E-state index contributed by atoms with van der Waals surface area (Å²) in [6, 6.07) is 7.35. The third kappa shape index (κ3) is 2.96. The minimum atomic E-state index is -0.165. The molecule has 17 heavy (non-hydrogen) atoms. The molecule has 1 aliphatic rings. The summed E-state index contributed by atoms with van der Waals surface area (Å²) in [5.74, 6) is -0.165. The van der Waals surface area contributed by atoms with E-state index < -0.39 is 0 Å². The first-order chi connectivity index (χ1) is 8.20. The number of likely N-dealkylation sites (N-methyl/N-ethyl adjacent to an activating group) is 1. The second-order valence-electron chi connectivity index (χ2n) is 4.64. The van der Waals surface area contributed by atoms with Crippen molar-refractivity contribution in [2.45, 2.75) is 12.5 Å². The Hall–Kier alpha value is -1.13. The Kier molecular flexibility index (Phi) is 3.97. The monoisotopic (exact) mass is 237 g/mol. The van der Waals surface area contributed by atoms with Gasteiger partial charge in [0.25, 0.3) is 0 Å². The van der Waals surface area contributed by atoms with Crippen LogP contribution < -0.4 is 10.6 Å². The molecule has 0 aromatic heterocycles. The van der Waals surface area contributed by atoms with Gasteiger partial charge in [-0.1, -0.05) is 6.07 Å². The van der Waals surface area contributed by atoms with Gasteiger partial charge in [-0.05, 0) is 31.7 Å². The van der Waals surface area contributed by atoms with E-state index >= 15 is 0 Å². The maximum Gasteiger partial charge on any atom is 0.125 e. The fourth-order valence-electron chi connectivity index (χ4n) is 2.40. The number of nitrogens with zero attached hydrogens (tertiary/aromatic N) is 2. The van der Waals surface area contributed by atoms with Gasteiger partial charge < -0.3 is 15.5 Å². The van der Waals surface area contributed by atoms with Crippen LogP contribution >= 0.6 is 0 Å². The first kappa shape index (κ1) is 12.3. The second kappa shape index (κ2) is 5.47. The molecule has 0 radical (unpaired) electrons. The highest BCUT2D eigenvalue weighted by atomic mass is 19.1. The average molecular weight is 237 g/mol. The molecule has 1 aromatic carbocycles. The summed E-state index contributed by atoms with van der Waals surface area (Å²) >= 11 is 0. The van der Waals surface area contributed by atoms with Crippen LogP contribution in [-0.4, -0.2) is 44.2 Å². The summed E-state index contributed by atoms with van der Waals surface area (Å²) in [6.45, 7) is 3.55. The fraction of sp³-hybridized carbons (Fsp3) is 0.538. The maximum absolute atomic E-state index is 13.1. The number of rotatable bonds is 4. The minimum absolute atomic E-state index is 0.165. The number of halogens is 1. The van der Waals surface area contributed by atoms with Gasteiger partial charge in [0.15, 0.2) is 0 Å². The van der Waals surface area contributed by atoms with E-state index in [1.807, 2.05) is 6.07 Å². The molecule has 1 saturated heterocycles. The highest BCUT2D eigenvalue weighted by Gasteiger charge is 2.25. The lowest BCUT2D eigenvalue weighted by molar-refractivity contribution is 0.266. The van der Waals surface area contributed by atoms with Gasteiger partial charge in [0.1, 0.15) is 5.82 Å². The third-order valence-electron chi connectivity index (χ3n) is 3.44. The van der Waals surface area contributed by atoms with E-state index in [1.165, 1.54) is 6.07 Å². The Morgan fingerprint density at radius 2 is 2.35 bits per heavy atom. The second-order valence-corrected chi connectivity index (χ2v) is 4.64. The molecular weight excluding hydrogens is 217 g/mol. The molecule has 2 N–H and O–H groups in total. The van der Waals surface area contributed by atoms with Gasteiger partial charge in [-0.25, -0.2) is 4.39 Å². The molecule has 0 spiro atoms. The van der Waals surface area contributed by atoms with E-state index in [2.05, 4.69) is 16.8 Å². The van der Waals surface area contributed by atoms with Gasteiger partial charge in [0.2, 0.25) is 0 Å². The Morgan fingerprint density at radius 1 is 1.53 bits per heavy atom. The van der Waals surface area contributed by atoms with Crippen LogP contribution in [0.3, 0.4) is 0 Å². The molecule has 94 valence electrons. The first-order valence-corrected chi connectivity index (χ1v) is 6.11. The van der Waals surface area contributed by atoms with Crippen molar-refractivity contribution in [1.29, 1.82) is 0 Å². The number of nitrogens with two attached hydrogens (primary N) is 1. The number of anilines is 1. The topological polar surface area (TPSA) is 32.5 Å². The largest absolute Gasteiger partial charge is 0.370 e. The lowest BCUT2D eigenvalue weighted by Gasteiger charge is -2.24. The van der Waals surface area contributed by atoms with Gasteiger partial charge >= 0.3 is 0 Å². The highest BCUT2D eigenvalue weighted by Crippen LogP contribution is 2.22. The number of hydrogen-bond donors (Lipinski definition) is 1. The van der Waals surface area contributed by atoms with Crippen molar-refractivity contribution in [3.05, 3.63) is 30.1 Å². The van der Waals surface area contributed by atoms with Gasteiger partial charge in [0.05, 0.1) is 0 Å². The molecule has 1 heterocycles. The van der Waals surface area contributed by atoms with E-state index in [4.69, 9.17) is 5.73 Å². The summed E-state index contributed by atoms with van der Waals surface area (Å²) < 4.78 is 13.1. The van der Waals surface area contributed by atoms with Crippen molar-refractivity contribution in [3.8, 4) is 0 Å². The average Bonchev–Trinajstić information content (AvgIpc) is 2.78. The lowest BCUT2D eigenvalue weighted by atomic mass is 10.2. The van der Waals surface area contributed by atoms with Crippen LogP contribution in [-0.2, 0) is 0 Å². The van der Waals surface area contributed by atoms with Gasteiger partial charge in [0, 0.05) is 37.9 Å². The Labute approximate surface area is 102 Å². The van der Waals surface area contributed by atoms with Crippen molar-refractivity contribution in [1.82, 2.24) is 4.90 Å². The fourth-order valence-corrected chi connectivity index (χ4v) is 2.40. The summed E-state index contributed by atoms with van der Waals surface area (Å²) in [4.78, 5) is 4.53. The molecule has 1 unspecified atom stereocenters. The zero-order chi connectivity index (χ0) is 12.3. The standard InChI is InChI=1S/C13H20FN3/c1-16(8-6-15)13-5-7-17(10-13)12-4-2-3-11(14)9-12/h2-4,9,13H,5-8,10,15H2,1H3. The first-order valence-electron chi connectivity index (χ1n) is 6.11. The van der Waals surface area contributed by atoms with Crippen LogP contribution in [0.5, 0.6) is 0 Å². The molecule has 0 aliphatic carbocycles. The van der Waals surface area contributed by atoms with Crippen LogP contribution in [0, 0.1) is 5.82 Å². The van der Waals surface area contributed by atoms with Crippen LogP contribution in [0.1, 0.15) is 6.42 Å². The maximum atomic E-state index is 13.1. The van der Waals surface area contributed by atoms with E-state index in [0.29, 0.717) is 12.6 Å². The summed E-state index contributed by atoms with van der Waals surface area (Å²) in [7, 11) is 2.10. The number of benzene rings is 1. The van der Waals surface area contributed by atoms with Crippen molar-refractivity contribution in [2.24, 2.45) is 5.73 Å². The van der Waals surface area contributed by atoms with Crippen LogP contribution in [0.15, 0.2) is 24.3 Å². The Morgan fingerprint density at radius 3 is 3.06 bits per heavy atom. The van der Waals surface area contributed by atoms with E-state index in [-0.39, 0.29) is 5.82 Å². The molecular formula is C13H20FN3. The van der Waals surface area contributed by atoms with Crippen molar-refractivity contribution >= 4 is 5.69 Å². The molecule has 2 rings (SSSR count). The molecule has 0 saturated carbocycles. The summed E-state index contributed by atoms with van der Waals surface area (Å²) in [5.41, 5.74) is 6.54. The predicted octanol–water partition coefficient (Wildman–Crippen LogP) is 1.29. The van der Waals surface area contributed by atoms with Crippen molar-refractivity contribution in [2.75, 3.05) is 38.1 Å². The molecule has 4 heteroatoms. The molecule has 1 atom stereocenters. The summed E-state index contributed by atoms with van der Waals surface area (Å²) in [5, 5.41) is 0. The van der Waals surface area contributed by atoms with Gasteiger partial charge in [-0.3, -0.25) is 0 Å². The Balaban J connectivity index is 1.98. The zero-order valence-electron chi connectivity index (χ0n) is 10.3. The Bertz CT molecular complexity index is 369. The van der Waals surface area contributed by atoms with E-state index in [1.54, 1.807) is 12.1 Å². The van der Waals surface area contributed by atoms with Gasteiger partial charge in [-0.2, -0.15) is 0 Å². The van der Waals surface area contributed by atoms with E-state index in [0.717, 1.165) is 31.7 Å². The van der Waals surface area contributed by atoms with Crippen LogP contribution in [0.25, 0.3) is 0 Å². The highest BCUT2D eigenvalue weighted by molar-refractivity contribution is 5.47. The number of hydrogen-bond acceptors (Lipinski definition) is 3.